The second kappa shape index (κ2) is 11.5. The zero-order valence-electron chi connectivity index (χ0n) is 18.2. The Kier molecular flexibility index (Phi) is 9.33. The lowest BCUT2D eigenvalue weighted by Crippen LogP contribution is -2.31. The van der Waals surface area contributed by atoms with Crippen molar-refractivity contribution in [3.63, 3.8) is 0 Å². The molecule has 1 N–H and O–H groups in total. The summed E-state index contributed by atoms with van der Waals surface area (Å²) in [5.41, 5.74) is 1.31. The fourth-order valence-electron chi connectivity index (χ4n) is 2.99. The van der Waals surface area contributed by atoms with E-state index < -0.39 is 10.0 Å². The molecule has 1 amide bonds. The Morgan fingerprint density at radius 1 is 1.13 bits per heavy atom. The third kappa shape index (κ3) is 6.69. The fourth-order valence-corrected chi connectivity index (χ4v) is 5.43. The Balaban J connectivity index is 2.13. The molecule has 0 bridgehead atoms. The van der Waals surface area contributed by atoms with Gasteiger partial charge in [0.15, 0.2) is 0 Å². The van der Waals surface area contributed by atoms with Crippen LogP contribution in [0.5, 0.6) is 5.75 Å². The maximum Gasteiger partial charge on any atom is 0.246 e. The van der Waals surface area contributed by atoms with Crippen molar-refractivity contribution in [2.45, 2.75) is 37.8 Å². The van der Waals surface area contributed by atoms with Crippen LogP contribution in [0.4, 0.5) is 10.1 Å². The predicted octanol–water partition coefficient (Wildman–Crippen LogP) is 4.69. The van der Waals surface area contributed by atoms with Gasteiger partial charge in [0.05, 0.1) is 12.4 Å². The molecule has 0 heterocycles. The summed E-state index contributed by atoms with van der Waals surface area (Å²) >= 11 is 1.41. The summed E-state index contributed by atoms with van der Waals surface area (Å²) in [6.07, 6.45) is 0. The molecule has 0 saturated heterocycles. The second-order valence-electron chi connectivity index (χ2n) is 6.74. The summed E-state index contributed by atoms with van der Waals surface area (Å²) in [6, 6.07) is 10.8. The third-order valence-electron chi connectivity index (χ3n) is 4.65. The summed E-state index contributed by atoms with van der Waals surface area (Å²) < 4.78 is 46.0. The van der Waals surface area contributed by atoms with E-state index in [1.165, 1.54) is 34.3 Å². The van der Waals surface area contributed by atoms with Crippen molar-refractivity contribution in [3.8, 4) is 5.75 Å². The molecule has 2 aromatic rings. The molecule has 0 aliphatic heterocycles. The highest BCUT2D eigenvalue weighted by Crippen LogP contribution is 2.31. The molecule has 6 nitrogen and oxygen atoms in total. The number of hydrogen-bond acceptors (Lipinski definition) is 5. The van der Waals surface area contributed by atoms with E-state index in [-0.39, 0.29) is 33.4 Å². The number of benzene rings is 2. The topological polar surface area (TPSA) is 75.7 Å². The van der Waals surface area contributed by atoms with E-state index >= 15 is 0 Å². The van der Waals surface area contributed by atoms with E-state index in [2.05, 4.69) is 5.32 Å². The number of anilines is 1. The Hall–Kier alpha value is -2.10. The van der Waals surface area contributed by atoms with Crippen molar-refractivity contribution in [1.29, 1.82) is 0 Å². The molecule has 1 atom stereocenters. The summed E-state index contributed by atoms with van der Waals surface area (Å²) in [7, 11) is -3.76. The van der Waals surface area contributed by atoms with Gasteiger partial charge in [0.2, 0.25) is 15.9 Å². The number of hydrogen-bond donors (Lipinski definition) is 1. The molecule has 0 radical (unpaired) electrons. The summed E-state index contributed by atoms with van der Waals surface area (Å²) in [5, 5.41) is 2.76. The van der Waals surface area contributed by atoms with Gasteiger partial charge in [0.1, 0.15) is 16.5 Å². The zero-order chi connectivity index (χ0) is 23.0. The average Bonchev–Trinajstić information content (AvgIpc) is 2.74. The van der Waals surface area contributed by atoms with Gasteiger partial charge in [-0.25, -0.2) is 12.8 Å². The second-order valence-corrected chi connectivity index (χ2v) is 9.97. The van der Waals surface area contributed by atoms with Crippen molar-refractivity contribution in [3.05, 3.63) is 53.8 Å². The first-order valence-electron chi connectivity index (χ1n) is 10.2. The molecule has 0 aliphatic carbocycles. The Bertz CT molecular complexity index is 978. The maximum absolute atomic E-state index is 13.1. The van der Waals surface area contributed by atoms with Crippen LogP contribution in [0.1, 0.15) is 38.5 Å². The first kappa shape index (κ1) is 25.2. The van der Waals surface area contributed by atoms with Gasteiger partial charge in [0, 0.05) is 24.0 Å². The third-order valence-corrected chi connectivity index (χ3v) is 7.93. The molecule has 31 heavy (non-hydrogen) atoms. The van der Waals surface area contributed by atoms with Gasteiger partial charge >= 0.3 is 0 Å². The standard InChI is InChI=1S/C22H29FN2O4S2/c1-5-25(6-2)31(27,28)21-14-19(12-13-20(21)29-7-3)24-22(26)15-30-16(4)17-8-10-18(23)11-9-17/h8-14,16H,5-7,15H2,1-4H3,(H,24,26). The fraction of sp³-hybridized carbons (Fsp3) is 0.409. The lowest BCUT2D eigenvalue weighted by atomic mass is 10.2. The highest BCUT2D eigenvalue weighted by atomic mass is 32.2. The molecule has 0 saturated carbocycles. The number of ether oxygens (including phenoxy) is 1. The number of carbonyl (C=O) groups is 1. The minimum Gasteiger partial charge on any atom is -0.492 e. The largest absolute Gasteiger partial charge is 0.492 e. The number of amides is 1. The number of rotatable bonds is 11. The number of nitrogens with zero attached hydrogens (tertiary/aromatic N) is 1. The van der Waals surface area contributed by atoms with E-state index in [9.17, 15) is 17.6 Å². The van der Waals surface area contributed by atoms with E-state index in [0.29, 0.717) is 25.4 Å². The van der Waals surface area contributed by atoms with Crippen molar-refractivity contribution < 1.29 is 22.3 Å². The Labute approximate surface area is 188 Å². The van der Waals surface area contributed by atoms with Gasteiger partial charge in [-0.1, -0.05) is 26.0 Å². The van der Waals surface area contributed by atoms with E-state index in [1.54, 1.807) is 45.0 Å². The van der Waals surface area contributed by atoms with Crippen molar-refractivity contribution in [2.24, 2.45) is 0 Å². The van der Waals surface area contributed by atoms with Crippen LogP contribution in [0.3, 0.4) is 0 Å². The maximum atomic E-state index is 13.1. The monoisotopic (exact) mass is 468 g/mol. The number of carbonyl (C=O) groups excluding carboxylic acids is 1. The quantitative estimate of drug-likeness (QED) is 0.518. The first-order valence-corrected chi connectivity index (χ1v) is 12.7. The highest BCUT2D eigenvalue weighted by molar-refractivity contribution is 8.00. The van der Waals surface area contributed by atoms with Crippen LogP contribution >= 0.6 is 11.8 Å². The summed E-state index contributed by atoms with van der Waals surface area (Å²) in [4.78, 5) is 12.5. The molecule has 0 spiro atoms. The minimum absolute atomic E-state index is 0.00489. The van der Waals surface area contributed by atoms with Crippen LogP contribution in [0.2, 0.25) is 0 Å². The molecular formula is C22H29FN2O4S2. The van der Waals surface area contributed by atoms with Crippen molar-refractivity contribution in [2.75, 3.05) is 30.8 Å². The normalized spacial score (nSPS) is 12.6. The molecule has 0 aromatic heterocycles. The van der Waals surface area contributed by atoms with Crippen molar-refractivity contribution >= 4 is 33.4 Å². The molecule has 0 fully saturated rings. The molecule has 2 aromatic carbocycles. The number of sulfonamides is 1. The van der Waals surface area contributed by atoms with Gasteiger partial charge in [-0.05, 0) is 49.7 Å². The molecule has 0 aliphatic rings. The number of thioether (sulfide) groups is 1. The van der Waals surface area contributed by atoms with Gasteiger partial charge in [-0.15, -0.1) is 11.8 Å². The Morgan fingerprint density at radius 3 is 2.35 bits per heavy atom. The summed E-state index contributed by atoms with van der Waals surface area (Å²) in [5.74, 6) is -0.130. The minimum atomic E-state index is -3.76. The van der Waals surface area contributed by atoms with E-state index in [4.69, 9.17) is 4.74 Å². The lowest BCUT2D eigenvalue weighted by molar-refractivity contribution is -0.113. The van der Waals surface area contributed by atoms with Gasteiger partial charge in [0.25, 0.3) is 0 Å². The van der Waals surface area contributed by atoms with Crippen molar-refractivity contribution in [1.82, 2.24) is 4.31 Å². The smallest absolute Gasteiger partial charge is 0.246 e. The van der Waals surface area contributed by atoms with Crippen LogP contribution in [-0.4, -0.2) is 44.1 Å². The van der Waals surface area contributed by atoms with Crippen LogP contribution in [0, 0.1) is 5.82 Å². The number of nitrogens with one attached hydrogen (secondary N) is 1. The molecule has 1 unspecified atom stereocenters. The molecule has 2 rings (SSSR count). The Morgan fingerprint density at radius 2 is 1.77 bits per heavy atom. The zero-order valence-corrected chi connectivity index (χ0v) is 19.9. The van der Waals surface area contributed by atoms with E-state index in [1.807, 2.05) is 6.92 Å². The van der Waals surface area contributed by atoms with Gasteiger partial charge < -0.3 is 10.1 Å². The van der Waals surface area contributed by atoms with Gasteiger partial charge in [-0.3, -0.25) is 4.79 Å². The van der Waals surface area contributed by atoms with Crippen LogP contribution in [-0.2, 0) is 14.8 Å². The molecular weight excluding hydrogens is 439 g/mol. The van der Waals surface area contributed by atoms with E-state index in [0.717, 1.165) is 5.56 Å². The molecule has 170 valence electrons. The average molecular weight is 469 g/mol. The van der Waals surface area contributed by atoms with Crippen LogP contribution in [0.15, 0.2) is 47.4 Å². The van der Waals surface area contributed by atoms with Gasteiger partial charge in [-0.2, -0.15) is 4.31 Å². The lowest BCUT2D eigenvalue weighted by Gasteiger charge is -2.21. The van der Waals surface area contributed by atoms with Crippen LogP contribution < -0.4 is 10.1 Å². The molecule has 9 heteroatoms. The van der Waals surface area contributed by atoms with Crippen LogP contribution in [0.25, 0.3) is 0 Å². The number of halogens is 1. The highest BCUT2D eigenvalue weighted by Gasteiger charge is 2.26. The summed E-state index contributed by atoms with van der Waals surface area (Å²) in [6.45, 7) is 8.25. The SMILES string of the molecule is CCOc1ccc(NC(=O)CSC(C)c2ccc(F)cc2)cc1S(=O)(=O)N(CC)CC. The first-order chi connectivity index (χ1) is 14.7. The predicted molar refractivity (Wildman–Crippen MR) is 124 cm³/mol.